The molecule has 1 atom stereocenters. The molecule has 3 aromatic carbocycles. The molecule has 0 saturated heterocycles. The van der Waals surface area contributed by atoms with Crippen LogP contribution in [0.5, 0.6) is 5.75 Å². The molecule has 1 heterocycles. The van der Waals surface area contributed by atoms with E-state index in [1.165, 1.54) is 7.11 Å². The van der Waals surface area contributed by atoms with Gasteiger partial charge in [-0.15, -0.1) is 0 Å². The van der Waals surface area contributed by atoms with Crippen molar-refractivity contribution in [3.8, 4) is 17.0 Å². The zero-order valence-corrected chi connectivity index (χ0v) is 19.6. The van der Waals surface area contributed by atoms with Gasteiger partial charge in [0, 0.05) is 16.3 Å². The number of ether oxygens (including phenoxy) is 1. The van der Waals surface area contributed by atoms with Gasteiger partial charge in [-0.1, -0.05) is 30.3 Å². The van der Waals surface area contributed by atoms with Gasteiger partial charge in [-0.3, -0.25) is 8.74 Å². The number of pyridine rings is 1. The van der Waals surface area contributed by atoms with Crippen LogP contribution < -0.4 is 4.74 Å². The molecule has 9 heteroatoms. The maximum Gasteiger partial charge on any atom is 0.264 e. The Morgan fingerprint density at radius 3 is 2.45 bits per heavy atom. The molecule has 1 N–H and O–H groups in total. The number of benzene rings is 3. The molecule has 0 aliphatic carbocycles. The number of rotatable bonds is 9. The Bertz CT molecular complexity index is 1420. The SMILES string of the molecule is COS(=O)Cc1ccc2c(-c3ccc(OCCCS(=O)(=O)O)cc3)nc3ccccc3c2c1. The first kappa shape index (κ1) is 23.3. The van der Waals surface area contributed by atoms with E-state index >= 15 is 0 Å². The summed E-state index contributed by atoms with van der Waals surface area (Å²) >= 11 is -1.38. The first-order valence-electron chi connectivity index (χ1n) is 10.3. The van der Waals surface area contributed by atoms with Crippen molar-refractivity contribution < 1.29 is 26.1 Å². The third-order valence-corrected chi connectivity index (χ3v) is 6.92. The maximum atomic E-state index is 11.9. The summed E-state index contributed by atoms with van der Waals surface area (Å²) in [5.74, 6) is 0.573. The summed E-state index contributed by atoms with van der Waals surface area (Å²) in [6.07, 6.45) is 0.202. The van der Waals surface area contributed by atoms with Crippen molar-refractivity contribution in [3.05, 3.63) is 72.3 Å². The molecule has 0 amide bonds. The Balaban J connectivity index is 1.67. The molecule has 0 aliphatic heterocycles. The summed E-state index contributed by atoms with van der Waals surface area (Å²) in [5.41, 5.74) is 3.50. The summed E-state index contributed by atoms with van der Waals surface area (Å²) in [6, 6.07) is 21.3. The van der Waals surface area contributed by atoms with E-state index in [4.69, 9.17) is 18.5 Å². The van der Waals surface area contributed by atoms with Crippen molar-refractivity contribution in [2.45, 2.75) is 12.2 Å². The van der Waals surface area contributed by atoms with Gasteiger partial charge >= 0.3 is 0 Å². The van der Waals surface area contributed by atoms with Gasteiger partial charge in [0.25, 0.3) is 10.1 Å². The van der Waals surface area contributed by atoms with Crippen molar-refractivity contribution in [3.63, 3.8) is 0 Å². The van der Waals surface area contributed by atoms with Crippen LogP contribution in [0.2, 0.25) is 0 Å². The number of nitrogens with zero attached hydrogens (tertiary/aromatic N) is 1. The van der Waals surface area contributed by atoms with E-state index in [0.717, 1.165) is 38.5 Å². The average Bonchev–Trinajstić information content (AvgIpc) is 2.81. The van der Waals surface area contributed by atoms with Gasteiger partial charge in [0.05, 0.1) is 36.4 Å². The Labute approximate surface area is 194 Å². The summed E-state index contributed by atoms with van der Waals surface area (Å²) in [5, 5.41) is 3.01. The minimum Gasteiger partial charge on any atom is -0.494 e. The molecule has 4 aromatic rings. The van der Waals surface area contributed by atoms with Crippen LogP contribution in [0.15, 0.2) is 66.7 Å². The van der Waals surface area contributed by atoms with Crippen molar-refractivity contribution in [1.29, 1.82) is 0 Å². The third-order valence-electron chi connectivity index (χ3n) is 5.18. The van der Waals surface area contributed by atoms with E-state index in [-0.39, 0.29) is 18.8 Å². The summed E-state index contributed by atoms with van der Waals surface area (Å²) < 4.78 is 52.8. The smallest absolute Gasteiger partial charge is 0.264 e. The molecule has 0 fully saturated rings. The lowest BCUT2D eigenvalue weighted by Gasteiger charge is -2.12. The Morgan fingerprint density at radius 2 is 1.73 bits per heavy atom. The molecule has 7 nitrogen and oxygen atoms in total. The standard InChI is InChI=1S/C24H23NO6S2/c1-30-32(26)16-17-7-12-21-22(15-17)20-5-2-3-6-23(20)25-24(21)18-8-10-19(11-9-18)31-13-4-14-33(27,28)29/h2-3,5-12,15H,4,13-14,16H2,1H3,(H,27,28,29). The zero-order chi connectivity index (χ0) is 23.4. The molecule has 0 saturated carbocycles. The average molecular weight is 486 g/mol. The van der Waals surface area contributed by atoms with E-state index in [0.29, 0.717) is 11.5 Å². The van der Waals surface area contributed by atoms with Crippen LogP contribution in [0, 0.1) is 0 Å². The van der Waals surface area contributed by atoms with Gasteiger partial charge in [-0.25, -0.2) is 9.19 Å². The van der Waals surface area contributed by atoms with E-state index in [1.807, 2.05) is 66.7 Å². The zero-order valence-electron chi connectivity index (χ0n) is 17.9. The van der Waals surface area contributed by atoms with Crippen LogP contribution >= 0.6 is 0 Å². The molecule has 0 bridgehead atoms. The lowest BCUT2D eigenvalue weighted by molar-refractivity contribution is 0.316. The predicted molar refractivity (Wildman–Crippen MR) is 130 cm³/mol. The lowest BCUT2D eigenvalue weighted by atomic mass is 9.98. The second kappa shape index (κ2) is 9.96. The molecular formula is C24H23NO6S2. The molecule has 0 radical (unpaired) electrons. The summed E-state index contributed by atoms with van der Waals surface area (Å²) in [4.78, 5) is 4.89. The first-order chi connectivity index (χ1) is 15.8. The number of hydrogen-bond acceptors (Lipinski definition) is 6. The van der Waals surface area contributed by atoms with Crippen LogP contribution in [0.3, 0.4) is 0 Å². The fourth-order valence-electron chi connectivity index (χ4n) is 3.65. The van der Waals surface area contributed by atoms with Gasteiger partial charge in [0.15, 0.2) is 11.1 Å². The highest BCUT2D eigenvalue weighted by Crippen LogP contribution is 2.34. The van der Waals surface area contributed by atoms with Crippen LogP contribution in [0.4, 0.5) is 0 Å². The molecule has 4 rings (SSSR count). The highest BCUT2D eigenvalue weighted by atomic mass is 32.2. The van der Waals surface area contributed by atoms with E-state index in [1.54, 1.807) is 0 Å². The van der Waals surface area contributed by atoms with Crippen molar-refractivity contribution in [1.82, 2.24) is 4.98 Å². The number of aromatic nitrogens is 1. The fourth-order valence-corrected chi connectivity index (χ4v) is 4.70. The molecule has 0 spiro atoms. The Morgan fingerprint density at radius 1 is 0.970 bits per heavy atom. The molecular weight excluding hydrogens is 462 g/mol. The minimum absolute atomic E-state index is 0.182. The summed E-state index contributed by atoms with van der Waals surface area (Å²) in [6.45, 7) is 0.182. The van der Waals surface area contributed by atoms with Gasteiger partial charge in [0.2, 0.25) is 0 Å². The normalized spacial score (nSPS) is 12.8. The second-order valence-electron chi connectivity index (χ2n) is 7.48. The van der Waals surface area contributed by atoms with Gasteiger partial charge in [-0.05, 0) is 53.8 Å². The molecule has 1 unspecified atom stereocenters. The quantitative estimate of drug-likeness (QED) is 0.211. The molecule has 172 valence electrons. The van der Waals surface area contributed by atoms with E-state index in [9.17, 15) is 12.6 Å². The summed E-state index contributed by atoms with van der Waals surface area (Å²) in [7, 11) is -2.56. The number of fused-ring (bicyclic) bond motifs is 3. The molecule has 0 aliphatic rings. The fraction of sp³-hybridized carbons (Fsp3) is 0.208. The maximum absolute atomic E-state index is 11.9. The van der Waals surface area contributed by atoms with E-state index in [2.05, 4.69) is 0 Å². The predicted octanol–water partition coefficient (Wildman–Crippen LogP) is 4.52. The highest BCUT2D eigenvalue weighted by molar-refractivity contribution is 7.85. The minimum atomic E-state index is -3.98. The number of hydrogen-bond donors (Lipinski definition) is 1. The van der Waals surface area contributed by atoms with Crippen molar-refractivity contribution in [2.75, 3.05) is 19.5 Å². The highest BCUT2D eigenvalue weighted by Gasteiger charge is 2.12. The Hall–Kier alpha value is -2.85. The van der Waals surface area contributed by atoms with Crippen LogP contribution in [-0.4, -0.2) is 41.6 Å². The monoisotopic (exact) mass is 485 g/mol. The second-order valence-corrected chi connectivity index (χ2v) is 10.3. The number of para-hydroxylation sites is 1. The first-order valence-corrected chi connectivity index (χ1v) is 13.1. The largest absolute Gasteiger partial charge is 0.494 e. The van der Waals surface area contributed by atoms with Crippen LogP contribution in [0.25, 0.3) is 32.9 Å². The van der Waals surface area contributed by atoms with Gasteiger partial charge < -0.3 is 4.74 Å². The molecule has 1 aromatic heterocycles. The van der Waals surface area contributed by atoms with Gasteiger partial charge in [0.1, 0.15) is 5.75 Å². The molecule has 33 heavy (non-hydrogen) atoms. The third kappa shape index (κ3) is 5.75. The lowest BCUT2D eigenvalue weighted by Crippen LogP contribution is -2.08. The van der Waals surface area contributed by atoms with Crippen molar-refractivity contribution in [2.24, 2.45) is 0 Å². The van der Waals surface area contributed by atoms with Crippen LogP contribution in [-0.2, 0) is 31.1 Å². The van der Waals surface area contributed by atoms with Gasteiger partial charge in [-0.2, -0.15) is 8.42 Å². The van der Waals surface area contributed by atoms with Crippen LogP contribution in [0.1, 0.15) is 12.0 Å². The van der Waals surface area contributed by atoms with E-state index < -0.39 is 21.2 Å². The Kier molecular flexibility index (Phi) is 7.04. The topological polar surface area (TPSA) is 103 Å². The van der Waals surface area contributed by atoms with Crippen molar-refractivity contribution >= 4 is 42.9 Å².